The maximum atomic E-state index is 12.3. The Morgan fingerprint density at radius 2 is 1.70 bits per heavy atom. The number of hydrogen-bond donors (Lipinski definition) is 0. The summed E-state index contributed by atoms with van der Waals surface area (Å²) in [5, 5.41) is 0. The number of carbonyl (C=O) groups is 1. The van der Waals surface area contributed by atoms with E-state index in [4.69, 9.17) is 18.9 Å². The van der Waals surface area contributed by atoms with E-state index >= 15 is 0 Å². The molecule has 1 heterocycles. The highest BCUT2D eigenvalue weighted by Crippen LogP contribution is 2.40. The SMILES string of the molecule is COC(=C1C(=O)Oc2ccccc21)c1ccc(OC)c(OC)c1. The highest BCUT2D eigenvalue weighted by atomic mass is 16.5. The third-order valence-electron chi connectivity index (χ3n) is 3.64. The Balaban J connectivity index is 2.18. The van der Waals surface area contributed by atoms with Crippen LogP contribution in [0.15, 0.2) is 42.5 Å². The summed E-state index contributed by atoms with van der Waals surface area (Å²) in [7, 11) is 4.64. The Hall–Kier alpha value is -2.95. The van der Waals surface area contributed by atoms with E-state index in [-0.39, 0.29) is 0 Å². The van der Waals surface area contributed by atoms with E-state index in [2.05, 4.69) is 0 Å². The fourth-order valence-electron chi connectivity index (χ4n) is 2.58. The van der Waals surface area contributed by atoms with Gasteiger partial charge in [-0.05, 0) is 24.3 Å². The van der Waals surface area contributed by atoms with Crippen molar-refractivity contribution in [2.75, 3.05) is 21.3 Å². The Morgan fingerprint density at radius 1 is 0.957 bits per heavy atom. The van der Waals surface area contributed by atoms with Crippen molar-refractivity contribution in [2.45, 2.75) is 0 Å². The number of esters is 1. The van der Waals surface area contributed by atoms with Crippen molar-refractivity contribution in [3.63, 3.8) is 0 Å². The molecule has 0 aromatic heterocycles. The fraction of sp³-hybridized carbons (Fsp3) is 0.167. The Morgan fingerprint density at radius 3 is 2.39 bits per heavy atom. The van der Waals surface area contributed by atoms with Gasteiger partial charge in [-0.15, -0.1) is 0 Å². The van der Waals surface area contributed by atoms with E-state index in [1.54, 1.807) is 38.5 Å². The van der Waals surface area contributed by atoms with E-state index in [9.17, 15) is 4.79 Å². The highest BCUT2D eigenvalue weighted by molar-refractivity contribution is 6.27. The molecule has 0 N–H and O–H groups in total. The molecule has 23 heavy (non-hydrogen) atoms. The molecule has 5 nitrogen and oxygen atoms in total. The maximum absolute atomic E-state index is 12.3. The summed E-state index contributed by atoms with van der Waals surface area (Å²) < 4.78 is 21.3. The topological polar surface area (TPSA) is 54.0 Å². The molecule has 1 aliphatic rings. The normalized spacial score (nSPS) is 14.8. The van der Waals surface area contributed by atoms with E-state index in [0.29, 0.717) is 39.7 Å². The summed E-state index contributed by atoms with van der Waals surface area (Å²) >= 11 is 0. The molecule has 2 aromatic rings. The van der Waals surface area contributed by atoms with Gasteiger partial charge < -0.3 is 18.9 Å². The molecular weight excluding hydrogens is 296 g/mol. The fourth-order valence-corrected chi connectivity index (χ4v) is 2.58. The van der Waals surface area contributed by atoms with Crippen molar-refractivity contribution in [1.82, 2.24) is 0 Å². The highest BCUT2D eigenvalue weighted by Gasteiger charge is 2.31. The molecule has 0 atom stereocenters. The van der Waals surface area contributed by atoms with Gasteiger partial charge in [0.2, 0.25) is 0 Å². The average molecular weight is 312 g/mol. The lowest BCUT2D eigenvalue weighted by Crippen LogP contribution is -2.05. The van der Waals surface area contributed by atoms with Crippen molar-refractivity contribution in [3.8, 4) is 17.2 Å². The van der Waals surface area contributed by atoms with Crippen LogP contribution < -0.4 is 14.2 Å². The third kappa shape index (κ3) is 2.50. The number of fused-ring (bicyclic) bond motifs is 1. The Bertz CT molecular complexity index is 792. The molecule has 0 fully saturated rings. The maximum Gasteiger partial charge on any atom is 0.348 e. The second-order valence-corrected chi connectivity index (χ2v) is 4.86. The molecule has 0 bridgehead atoms. The lowest BCUT2D eigenvalue weighted by molar-refractivity contribution is -0.127. The number of ether oxygens (including phenoxy) is 4. The Labute approximate surface area is 134 Å². The van der Waals surface area contributed by atoms with Crippen LogP contribution in [0.2, 0.25) is 0 Å². The zero-order valence-electron chi connectivity index (χ0n) is 13.1. The van der Waals surface area contributed by atoms with E-state index in [1.165, 1.54) is 7.11 Å². The van der Waals surface area contributed by atoms with Crippen LogP contribution in [0, 0.1) is 0 Å². The second-order valence-electron chi connectivity index (χ2n) is 4.86. The monoisotopic (exact) mass is 312 g/mol. The molecule has 0 saturated heterocycles. The third-order valence-corrected chi connectivity index (χ3v) is 3.64. The van der Waals surface area contributed by atoms with Crippen molar-refractivity contribution in [1.29, 1.82) is 0 Å². The number of methoxy groups -OCH3 is 3. The minimum Gasteiger partial charge on any atom is -0.495 e. The zero-order valence-corrected chi connectivity index (χ0v) is 13.1. The van der Waals surface area contributed by atoms with Crippen molar-refractivity contribution in [3.05, 3.63) is 53.6 Å². The summed E-state index contributed by atoms with van der Waals surface area (Å²) in [6.45, 7) is 0. The first-order chi connectivity index (χ1) is 11.2. The summed E-state index contributed by atoms with van der Waals surface area (Å²) in [6, 6.07) is 12.6. The molecule has 0 radical (unpaired) electrons. The van der Waals surface area contributed by atoms with Gasteiger partial charge in [-0.3, -0.25) is 0 Å². The van der Waals surface area contributed by atoms with Gasteiger partial charge in [-0.2, -0.15) is 0 Å². The van der Waals surface area contributed by atoms with Gasteiger partial charge in [0.15, 0.2) is 11.5 Å². The summed E-state index contributed by atoms with van der Waals surface area (Å²) in [4.78, 5) is 12.3. The standard InChI is InChI=1S/C18H16O5/c1-20-14-9-8-11(10-15(14)21-2)17(22-3)16-12-6-4-5-7-13(12)23-18(16)19/h4-10H,1-3H3. The van der Waals surface area contributed by atoms with Crippen LogP contribution in [-0.4, -0.2) is 27.3 Å². The van der Waals surface area contributed by atoms with Gasteiger partial charge in [-0.1, -0.05) is 18.2 Å². The van der Waals surface area contributed by atoms with Crippen LogP contribution in [-0.2, 0) is 9.53 Å². The number of hydrogen-bond acceptors (Lipinski definition) is 5. The van der Waals surface area contributed by atoms with Crippen molar-refractivity contribution in [2.24, 2.45) is 0 Å². The molecule has 118 valence electrons. The minimum absolute atomic E-state index is 0.398. The minimum atomic E-state index is -0.433. The van der Waals surface area contributed by atoms with E-state index in [1.807, 2.05) is 18.2 Å². The smallest absolute Gasteiger partial charge is 0.348 e. The molecule has 0 saturated carbocycles. The lowest BCUT2D eigenvalue weighted by atomic mass is 10.0. The first-order valence-electron chi connectivity index (χ1n) is 7.01. The van der Waals surface area contributed by atoms with Crippen LogP contribution in [0.3, 0.4) is 0 Å². The number of benzene rings is 2. The van der Waals surface area contributed by atoms with Crippen LogP contribution in [0.4, 0.5) is 0 Å². The summed E-state index contributed by atoms with van der Waals surface area (Å²) in [5.41, 5.74) is 1.81. The Kier molecular flexibility index (Phi) is 3.93. The van der Waals surface area contributed by atoms with Crippen LogP contribution in [0.25, 0.3) is 11.3 Å². The van der Waals surface area contributed by atoms with Crippen LogP contribution >= 0.6 is 0 Å². The molecule has 2 aromatic carbocycles. The van der Waals surface area contributed by atoms with Crippen LogP contribution in [0.1, 0.15) is 11.1 Å². The molecule has 1 aliphatic heterocycles. The molecule has 0 spiro atoms. The average Bonchev–Trinajstić information content (AvgIpc) is 2.92. The number of rotatable bonds is 4. The van der Waals surface area contributed by atoms with Crippen molar-refractivity contribution < 1.29 is 23.7 Å². The first kappa shape index (κ1) is 15.0. The van der Waals surface area contributed by atoms with Crippen LogP contribution in [0.5, 0.6) is 17.2 Å². The van der Waals surface area contributed by atoms with E-state index < -0.39 is 5.97 Å². The first-order valence-corrected chi connectivity index (χ1v) is 7.01. The number of carbonyl (C=O) groups excluding carboxylic acids is 1. The largest absolute Gasteiger partial charge is 0.495 e. The van der Waals surface area contributed by atoms with E-state index in [0.717, 1.165) is 0 Å². The number of para-hydroxylation sites is 1. The summed E-state index contributed by atoms with van der Waals surface area (Å²) in [5.74, 6) is 1.69. The predicted molar refractivity (Wildman–Crippen MR) is 85.4 cm³/mol. The lowest BCUT2D eigenvalue weighted by Gasteiger charge is -2.12. The summed E-state index contributed by atoms with van der Waals surface area (Å²) in [6.07, 6.45) is 0. The zero-order chi connectivity index (χ0) is 16.4. The van der Waals surface area contributed by atoms with Gasteiger partial charge in [0.05, 0.1) is 21.3 Å². The molecule has 5 heteroatoms. The van der Waals surface area contributed by atoms with Gasteiger partial charge >= 0.3 is 5.97 Å². The molecule has 3 rings (SSSR count). The second kappa shape index (κ2) is 6.04. The molecule has 0 aliphatic carbocycles. The predicted octanol–water partition coefficient (Wildman–Crippen LogP) is 3.14. The molecular formula is C18H16O5. The van der Waals surface area contributed by atoms with Gasteiger partial charge in [-0.25, -0.2) is 4.79 Å². The van der Waals surface area contributed by atoms with Gasteiger partial charge in [0, 0.05) is 11.1 Å². The quantitative estimate of drug-likeness (QED) is 0.376. The molecule has 0 unspecified atom stereocenters. The molecule has 0 amide bonds. The van der Waals surface area contributed by atoms with Gasteiger partial charge in [0.25, 0.3) is 0 Å². The van der Waals surface area contributed by atoms with Crippen molar-refractivity contribution >= 4 is 17.3 Å². The van der Waals surface area contributed by atoms with Gasteiger partial charge in [0.1, 0.15) is 17.1 Å².